The zero-order valence-corrected chi connectivity index (χ0v) is 22.0. The molecule has 3 rings (SSSR count). The number of halogens is 10. The molecule has 2 aromatic carbocycles. The largest absolute Gasteiger partial charge is 0.469 e. The predicted octanol–water partition coefficient (Wildman–Crippen LogP) is 7.12. The van der Waals surface area contributed by atoms with E-state index in [-0.39, 0.29) is 17.5 Å². The van der Waals surface area contributed by atoms with E-state index in [1.54, 1.807) is 6.08 Å². The van der Waals surface area contributed by atoms with E-state index < -0.39 is 71.3 Å². The molecule has 0 saturated carbocycles. The molecular weight excluding hydrogens is 609 g/mol. The number of carbonyl (C=O) groups excluding carboxylic acids is 1. The van der Waals surface area contributed by atoms with Crippen LogP contribution in [-0.2, 0) is 21.9 Å². The number of nitrogens with two attached hydrogens (primary N) is 1. The first-order valence-corrected chi connectivity index (χ1v) is 12.4. The summed E-state index contributed by atoms with van der Waals surface area (Å²) in [4.78, 5) is 12.4. The highest BCUT2D eigenvalue weighted by Gasteiger charge is 2.38. The van der Waals surface area contributed by atoms with Gasteiger partial charge in [0.25, 0.3) is 5.91 Å². The number of ether oxygens (including phenoxy) is 2. The van der Waals surface area contributed by atoms with Gasteiger partial charge in [-0.25, -0.2) is 0 Å². The smallest absolute Gasteiger partial charge is 0.416 e. The molecule has 4 N–H and O–H groups in total. The van der Waals surface area contributed by atoms with Gasteiger partial charge in [-0.1, -0.05) is 12.2 Å². The lowest BCUT2D eigenvalue weighted by Crippen LogP contribution is -2.41. The Kier molecular flexibility index (Phi) is 10.3. The molecule has 0 bridgehead atoms. The van der Waals surface area contributed by atoms with E-state index >= 15 is 0 Å². The summed E-state index contributed by atoms with van der Waals surface area (Å²) in [6.07, 6.45) is -9.90. The SMILES string of the molecule is NC(/C=C(\NC1CC=CCC1Cl)OCC(=O)Nc1ccc(Oc2cc(C(F)(F)F)cc(C(F)(F)F)c2)cc1)C(F)(F)F. The van der Waals surface area contributed by atoms with E-state index in [1.807, 2.05) is 6.08 Å². The van der Waals surface area contributed by atoms with Gasteiger partial charge in [0, 0.05) is 17.8 Å². The highest BCUT2D eigenvalue weighted by Crippen LogP contribution is 2.39. The second kappa shape index (κ2) is 13.2. The van der Waals surface area contributed by atoms with Gasteiger partial charge < -0.3 is 25.8 Å². The lowest BCUT2D eigenvalue weighted by Gasteiger charge is -2.27. The van der Waals surface area contributed by atoms with Crippen molar-refractivity contribution < 1.29 is 53.8 Å². The van der Waals surface area contributed by atoms with Crippen LogP contribution in [-0.4, -0.2) is 36.2 Å². The fourth-order valence-electron chi connectivity index (χ4n) is 3.58. The summed E-state index contributed by atoms with van der Waals surface area (Å²) < 4.78 is 128. The number of rotatable bonds is 9. The van der Waals surface area contributed by atoms with Crippen LogP contribution >= 0.6 is 11.6 Å². The third-order valence-corrected chi connectivity index (χ3v) is 6.17. The van der Waals surface area contributed by atoms with E-state index in [0.717, 1.165) is 12.1 Å². The van der Waals surface area contributed by atoms with Crippen molar-refractivity contribution >= 4 is 23.2 Å². The molecule has 0 fully saturated rings. The van der Waals surface area contributed by atoms with E-state index in [0.29, 0.717) is 31.1 Å². The summed E-state index contributed by atoms with van der Waals surface area (Å²) in [5, 5.41) is 4.64. The van der Waals surface area contributed by atoms with Crippen LogP contribution < -0.4 is 21.1 Å². The molecule has 1 amide bonds. The predicted molar refractivity (Wildman–Crippen MR) is 135 cm³/mol. The summed E-state index contributed by atoms with van der Waals surface area (Å²) in [5.41, 5.74) is 2.15. The van der Waals surface area contributed by atoms with Gasteiger partial charge in [0.2, 0.25) is 0 Å². The Balaban J connectivity index is 1.65. The summed E-state index contributed by atoms with van der Waals surface area (Å²) in [7, 11) is 0. The number of carbonyl (C=O) groups is 1. The zero-order chi connectivity index (χ0) is 31.3. The number of nitrogens with one attached hydrogen (secondary N) is 2. The van der Waals surface area contributed by atoms with Gasteiger partial charge in [-0.2, -0.15) is 39.5 Å². The standard InChI is InChI=1S/C26H23ClF9N3O3/c27-19-3-1-2-4-20(19)39-23(12-21(37)26(34,35)36)41-13-22(40)38-16-5-7-17(8-6-16)42-18-10-14(24(28,29)30)9-15(11-18)25(31,32)33/h1-2,5-12,19-21,39H,3-4,13,37H2,(H,38,40)/b23-12+. The highest BCUT2D eigenvalue weighted by molar-refractivity contribution is 6.21. The fourth-order valence-corrected chi connectivity index (χ4v) is 3.85. The number of anilines is 1. The van der Waals surface area contributed by atoms with Gasteiger partial charge >= 0.3 is 18.5 Å². The van der Waals surface area contributed by atoms with Gasteiger partial charge in [0.15, 0.2) is 12.5 Å². The number of allylic oxidation sites excluding steroid dienone is 1. The Labute approximate surface area is 238 Å². The number of benzene rings is 2. The molecule has 230 valence electrons. The van der Waals surface area contributed by atoms with Crippen LogP contribution in [0.4, 0.5) is 45.2 Å². The van der Waals surface area contributed by atoms with Gasteiger partial charge in [-0.15, -0.1) is 11.6 Å². The van der Waals surface area contributed by atoms with Crippen molar-refractivity contribution in [1.82, 2.24) is 5.32 Å². The van der Waals surface area contributed by atoms with Crippen molar-refractivity contribution in [3.05, 3.63) is 77.7 Å². The number of hydrogen-bond acceptors (Lipinski definition) is 5. The molecule has 0 aliphatic heterocycles. The van der Waals surface area contributed by atoms with Crippen molar-refractivity contribution in [2.24, 2.45) is 5.73 Å². The van der Waals surface area contributed by atoms with Crippen molar-refractivity contribution in [2.45, 2.75) is 48.8 Å². The van der Waals surface area contributed by atoms with E-state index in [9.17, 15) is 44.3 Å². The molecule has 3 atom stereocenters. The molecular formula is C26H23ClF9N3O3. The minimum atomic E-state index is -5.06. The van der Waals surface area contributed by atoms with Crippen molar-refractivity contribution in [1.29, 1.82) is 0 Å². The van der Waals surface area contributed by atoms with Gasteiger partial charge in [0.05, 0.1) is 16.5 Å². The Morgan fingerprint density at radius 1 is 0.929 bits per heavy atom. The van der Waals surface area contributed by atoms with Crippen LogP contribution in [0, 0.1) is 0 Å². The average Bonchev–Trinajstić information content (AvgIpc) is 2.88. The lowest BCUT2D eigenvalue weighted by atomic mass is 10.0. The third-order valence-electron chi connectivity index (χ3n) is 5.68. The molecule has 1 aliphatic rings. The van der Waals surface area contributed by atoms with Crippen LogP contribution in [0.15, 0.2) is 66.6 Å². The average molecular weight is 632 g/mol. The summed E-state index contributed by atoms with van der Waals surface area (Å²) in [5.74, 6) is -2.09. The second-order valence-corrected chi connectivity index (χ2v) is 9.57. The van der Waals surface area contributed by atoms with Gasteiger partial charge in [-0.05, 0) is 55.3 Å². The lowest BCUT2D eigenvalue weighted by molar-refractivity contribution is -0.143. The summed E-state index contributed by atoms with van der Waals surface area (Å²) in [6, 6.07) is 2.66. The normalized spacial score (nSPS) is 18.8. The Morgan fingerprint density at radius 3 is 2.02 bits per heavy atom. The van der Waals surface area contributed by atoms with Crippen molar-refractivity contribution in [2.75, 3.05) is 11.9 Å². The van der Waals surface area contributed by atoms with Crippen molar-refractivity contribution in [3.8, 4) is 11.5 Å². The Bertz CT molecular complexity index is 1260. The van der Waals surface area contributed by atoms with Gasteiger partial charge in [-0.3, -0.25) is 4.79 Å². The topological polar surface area (TPSA) is 85.6 Å². The molecule has 0 heterocycles. The van der Waals surface area contributed by atoms with E-state index in [1.165, 1.54) is 12.1 Å². The maximum Gasteiger partial charge on any atom is 0.416 e. The van der Waals surface area contributed by atoms with E-state index in [4.69, 9.17) is 26.8 Å². The first kappa shape index (κ1) is 32.9. The van der Waals surface area contributed by atoms with Crippen LogP contribution in [0.2, 0.25) is 0 Å². The fraction of sp³-hybridized carbons (Fsp3) is 0.346. The Morgan fingerprint density at radius 2 is 1.50 bits per heavy atom. The third kappa shape index (κ3) is 9.76. The summed E-state index contributed by atoms with van der Waals surface area (Å²) >= 11 is 6.20. The summed E-state index contributed by atoms with van der Waals surface area (Å²) in [6.45, 7) is -0.748. The minimum Gasteiger partial charge on any atom is -0.469 e. The molecule has 0 saturated heterocycles. The maximum atomic E-state index is 13.1. The molecule has 16 heteroatoms. The van der Waals surface area contributed by atoms with Gasteiger partial charge in [0.1, 0.15) is 17.5 Å². The molecule has 42 heavy (non-hydrogen) atoms. The molecule has 6 nitrogen and oxygen atoms in total. The van der Waals surface area contributed by atoms with Crippen LogP contribution in [0.5, 0.6) is 11.5 Å². The first-order valence-electron chi connectivity index (χ1n) is 12.0. The molecule has 0 radical (unpaired) electrons. The highest BCUT2D eigenvalue weighted by atomic mass is 35.5. The molecule has 3 unspecified atom stereocenters. The molecule has 1 aliphatic carbocycles. The van der Waals surface area contributed by atoms with Crippen LogP contribution in [0.25, 0.3) is 0 Å². The molecule has 0 aromatic heterocycles. The van der Waals surface area contributed by atoms with Crippen molar-refractivity contribution in [3.63, 3.8) is 0 Å². The van der Waals surface area contributed by atoms with Crippen LogP contribution in [0.3, 0.4) is 0 Å². The van der Waals surface area contributed by atoms with E-state index in [2.05, 4.69) is 10.6 Å². The monoisotopic (exact) mass is 631 g/mol. The molecule has 0 spiro atoms. The maximum absolute atomic E-state index is 13.1. The molecule has 2 aromatic rings. The minimum absolute atomic E-state index is 0.0410. The second-order valence-electron chi connectivity index (χ2n) is 9.01. The number of hydrogen-bond donors (Lipinski definition) is 3. The number of amides is 1. The van der Waals surface area contributed by atoms with Crippen LogP contribution in [0.1, 0.15) is 24.0 Å². The quantitative estimate of drug-likeness (QED) is 0.119. The number of alkyl halides is 10. The first-order chi connectivity index (χ1) is 19.4. The Hall–Kier alpha value is -3.59. The zero-order valence-electron chi connectivity index (χ0n) is 21.2.